The molecular weight excluding hydrogens is 486 g/mol. The standard InChI is InChI=1S/C22H26F2N4O6S/c1-3-6-27-10-13-8-15(26-35(2,33)34)17-16(19(29)20(30)18(22(27)32)28(13)17)21(31)25-9-11-4-5-12(23)7-14(11)24/h4-5,7,13,15,19,26,29-30H,3,6,8-10H2,1-2H3,(H,25,31). The Kier molecular flexibility index (Phi) is 6.60. The van der Waals surface area contributed by atoms with Crippen molar-refractivity contribution in [1.82, 2.24) is 19.8 Å². The van der Waals surface area contributed by atoms with E-state index in [1.54, 1.807) is 0 Å². The second-order valence-corrected chi connectivity index (χ2v) is 10.6. The molecule has 190 valence electrons. The number of halogens is 2. The molecule has 0 saturated carbocycles. The summed E-state index contributed by atoms with van der Waals surface area (Å²) in [6, 6.07) is 1.44. The average molecular weight is 513 g/mol. The highest BCUT2D eigenvalue weighted by molar-refractivity contribution is 7.88. The van der Waals surface area contributed by atoms with E-state index in [1.165, 1.54) is 9.80 Å². The lowest BCUT2D eigenvalue weighted by atomic mass is 9.95. The van der Waals surface area contributed by atoms with Gasteiger partial charge in [-0.1, -0.05) is 13.0 Å². The van der Waals surface area contributed by atoms with Crippen molar-refractivity contribution in [2.45, 2.75) is 44.5 Å². The van der Waals surface area contributed by atoms with Gasteiger partial charge in [-0.25, -0.2) is 21.9 Å². The van der Waals surface area contributed by atoms with E-state index in [0.717, 1.165) is 18.4 Å². The van der Waals surface area contributed by atoms with Crippen LogP contribution in [0.25, 0.3) is 0 Å². The monoisotopic (exact) mass is 512 g/mol. The van der Waals surface area contributed by atoms with Crippen molar-refractivity contribution in [2.75, 3.05) is 19.3 Å². The van der Waals surface area contributed by atoms with Crippen LogP contribution < -0.4 is 10.0 Å². The summed E-state index contributed by atoms with van der Waals surface area (Å²) in [5.41, 5.74) is -0.512. The van der Waals surface area contributed by atoms with Gasteiger partial charge in [0.1, 0.15) is 23.4 Å². The number of benzene rings is 1. The van der Waals surface area contributed by atoms with Gasteiger partial charge in [0.25, 0.3) is 11.8 Å². The van der Waals surface area contributed by atoms with Crippen LogP contribution in [0.3, 0.4) is 0 Å². The van der Waals surface area contributed by atoms with Gasteiger partial charge in [0.2, 0.25) is 10.0 Å². The fraction of sp³-hybridized carbons (Fsp3) is 0.455. The molecule has 1 aromatic rings. The molecule has 3 aliphatic rings. The maximum absolute atomic E-state index is 14.0. The number of rotatable bonds is 7. The predicted octanol–water partition coefficient (Wildman–Crippen LogP) is 0.224. The first-order valence-corrected chi connectivity index (χ1v) is 12.9. The van der Waals surface area contributed by atoms with Crippen LogP contribution in [0.15, 0.2) is 40.9 Å². The van der Waals surface area contributed by atoms with E-state index in [0.29, 0.717) is 19.0 Å². The smallest absolute Gasteiger partial charge is 0.274 e. The molecule has 3 heterocycles. The Morgan fingerprint density at radius 1 is 1.29 bits per heavy atom. The molecule has 4 N–H and O–H groups in total. The molecular formula is C22H26F2N4O6S. The molecule has 4 rings (SSSR count). The number of aliphatic hydroxyl groups excluding tert-OH is 2. The fourth-order valence-electron chi connectivity index (χ4n) is 4.86. The summed E-state index contributed by atoms with van der Waals surface area (Å²) >= 11 is 0. The van der Waals surface area contributed by atoms with Gasteiger partial charge < -0.3 is 25.3 Å². The number of hydrogen-bond acceptors (Lipinski definition) is 7. The first-order chi connectivity index (χ1) is 16.4. The van der Waals surface area contributed by atoms with E-state index in [9.17, 15) is 37.0 Å². The Morgan fingerprint density at radius 2 is 2.00 bits per heavy atom. The van der Waals surface area contributed by atoms with E-state index in [-0.39, 0.29) is 42.0 Å². The number of amides is 2. The SMILES string of the molecule is CCCN1CC2CC(NS(C)(=O)=O)C3=C(C(=O)NCc4ccc(F)cc4F)C(O)C(O)=C(C1=O)N32. The lowest BCUT2D eigenvalue weighted by Gasteiger charge is -2.43. The number of hydrogen-bond donors (Lipinski definition) is 4. The van der Waals surface area contributed by atoms with Crippen molar-refractivity contribution in [1.29, 1.82) is 0 Å². The van der Waals surface area contributed by atoms with E-state index in [4.69, 9.17) is 0 Å². The third-order valence-electron chi connectivity index (χ3n) is 6.22. The van der Waals surface area contributed by atoms with Gasteiger partial charge >= 0.3 is 0 Å². The van der Waals surface area contributed by atoms with Crippen molar-refractivity contribution >= 4 is 21.8 Å². The van der Waals surface area contributed by atoms with Gasteiger partial charge in [0, 0.05) is 37.0 Å². The third-order valence-corrected chi connectivity index (χ3v) is 6.94. The Labute approximate surface area is 200 Å². The molecule has 0 aromatic heterocycles. The topological polar surface area (TPSA) is 139 Å². The average Bonchev–Trinajstić information content (AvgIpc) is 3.09. The predicted molar refractivity (Wildman–Crippen MR) is 120 cm³/mol. The second kappa shape index (κ2) is 9.21. The lowest BCUT2D eigenvalue weighted by molar-refractivity contribution is -0.133. The molecule has 1 aromatic carbocycles. The van der Waals surface area contributed by atoms with Crippen LogP contribution in [0.2, 0.25) is 0 Å². The van der Waals surface area contributed by atoms with Gasteiger partial charge in [0.05, 0.1) is 23.9 Å². The van der Waals surface area contributed by atoms with Crippen LogP contribution in [-0.2, 0) is 26.2 Å². The summed E-state index contributed by atoms with van der Waals surface area (Å²) in [7, 11) is -3.76. The second-order valence-electron chi connectivity index (χ2n) is 8.81. The van der Waals surface area contributed by atoms with Crippen LogP contribution in [0.4, 0.5) is 8.78 Å². The summed E-state index contributed by atoms with van der Waals surface area (Å²) in [4.78, 5) is 29.2. The van der Waals surface area contributed by atoms with Gasteiger partial charge in [-0.3, -0.25) is 9.59 Å². The summed E-state index contributed by atoms with van der Waals surface area (Å²) in [6.07, 6.45) is -0.134. The van der Waals surface area contributed by atoms with Crippen LogP contribution in [0, 0.1) is 11.6 Å². The number of carbonyl (C=O) groups is 2. The molecule has 0 aliphatic carbocycles. The number of aliphatic hydroxyl groups is 2. The van der Waals surface area contributed by atoms with E-state index in [2.05, 4.69) is 10.0 Å². The minimum atomic E-state index is -3.76. The zero-order valence-corrected chi connectivity index (χ0v) is 19.9. The van der Waals surface area contributed by atoms with Crippen molar-refractivity contribution in [2.24, 2.45) is 0 Å². The Balaban J connectivity index is 1.74. The molecule has 0 spiro atoms. The number of piperazine rings is 1. The zero-order chi connectivity index (χ0) is 25.7. The molecule has 0 bridgehead atoms. The van der Waals surface area contributed by atoms with Gasteiger partial charge in [-0.15, -0.1) is 0 Å². The molecule has 0 radical (unpaired) electrons. The highest BCUT2D eigenvalue weighted by Gasteiger charge is 2.53. The van der Waals surface area contributed by atoms with Gasteiger partial charge in [-0.05, 0) is 18.9 Å². The quantitative estimate of drug-likeness (QED) is 0.410. The molecule has 13 heteroatoms. The Morgan fingerprint density at radius 3 is 2.63 bits per heavy atom. The summed E-state index contributed by atoms with van der Waals surface area (Å²) in [6.45, 7) is 2.16. The maximum Gasteiger partial charge on any atom is 0.274 e. The molecule has 35 heavy (non-hydrogen) atoms. The largest absolute Gasteiger partial charge is 0.507 e. The summed E-state index contributed by atoms with van der Waals surface area (Å²) < 4.78 is 53.8. The minimum Gasteiger partial charge on any atom is -0.507 e. The number of nitrogens with zero attached hydrogens (tertiary/aromatic N) is 2. The fourth-order valence-corrected chi connectivity index (χ4v) is 5.59. The molecule has 2 saturated heterocycles. The Bertz CT molecular complexity index is 1250. The molecule has 3 unspecified atom stereocenters. The first-order valence-electron chi connectivity index (χ1n) is 11.1. The van der Waals surface area contributed by atoms with E-state index in [1.807, 2.05) is 6.92 Å². The summed E-state index contributed by atoms with van der Waals surface area (Å²) in [5, 5.41) is 24.1. The highest BCUT2D eigenvalue weighted by Crippen LogP contribution is 2.43. The van der Waals surface area contributed by atoms with Crippen molar-refractivity contribution in [3.05, 3.63) is 58.1 Å². The number of carbonyl (C=O) groups excluding carboxylic acids is 2. The number of nitrogens with one attached hydrogen (secondary N) is 2. The normalized spacial score (nSPS) is 24.3. The van der Waals surface area contributed by atoms with Crippen LogP contribution in [0.5, 0.6) is 0 Å². The first kappa shape index (κ1) is 25.1. The highest BCUT2D eigenvalue weighted by atomic mass is 32.2. The van der Waals surface area contributed by atoms with Crippen LogP contribution in [-0.4, -0.2) is 77.8 Å². The summed E-state index contributed by atoms with van der Waals surface area (Å²) in [5.74, 6) is -3.82. The molecule has 10 nitrogen and oxygen atoms in total. The van der Waals surface area contributed by atoms with Crippen LogP contribution >= 0.6 is 0 Å². The van der Waals surface area contributed by atoms with Crippen molar-refractivity contribution < 1.29 is 37.0 Å². The van der Waals surface area contributed by atoms with Gasteiger partial charge in [-0.2, -0.15) is 0 Å². The van der Waals surface area contributed by atoms with E-state index < -0.39 is 57.4 Å². The minimum absolute atomic E-state index is 0.0189. The third kappa shape index (κ3) is 4.62. The Hall–Kier alpha value is -3.03. The number of sulfonamides is 1. The van der Waals surface area contributed by atoms with Crippen LogP contribution in [0.1, 0.15) is 25.3 Å². The molecule has 2 amide bonds. The molecule has 3 aliphatic heterocycles. The molecule has 3 atom stereocenters. The van der Waals surface area contributed by atoms with Gasteiger partial charge in [0.15, 0.2) is 5.76 Å². The van der Waals surface area contributed by atoms with Crippen molar-refractivity contribution in [3.63, 3.8) is 0 Å². The zero-order valence-electron chi connectivity index (χ0n) is 19.1. The lowest BCUT2D eigenvalue weighted by Crippen LogP contribution is -2.55. The van der Waals surface area contributed by atoms with E-state index >= 15 is 0 Å². The van der Waals surface area contributed by atoms with Crippen molar-refractivity contribution in [3.8, 4) is 0 Å². The maximum atomic E-state index is 14.0. The molecule has 2 fully saturated rings.